The molecule has 0 atom stereocenters. The zero-order chi connectivity index (χ0) is 14.8. The van der Waals surface area contributed by atoms with E-state index in [1.165, 1.54) is 30.3 Å². The van der Waals surface area contributed by atoms with Gasteiger partial charge in [-0.25, -0.2) is 17.5 Å². The summed E-state index contributed by atoms with van der Waals surface area (Å²) in [5.41, 5.74) is 0.682. The highest BCUT2D eigenvalue weighted by atomic mass is 79.9. The van der Waals surface area contributed by atoms with E-state index in [4.69, 9.17) is 0 Å². The van der Waals surface area contributed by atoms with E-state index < -0.39 is 10.0 Å². The predicted octanol–water partition coefficient (Wildman–Crippen LogP) is 3.83. The van der Waals surface area contributed by atoms with Crippen molar-refractivity contribution in [3.8, 4) is 0 Å². The summed E-state index contributed by atoms with van der Waals surface area (Å²) >= 11 is 6.45. The van der Waals surface area contributed by atoms with Crippen LogP contribution in [-0.4, -0.2) is 8.42 Å². The number of rotatable bonds is 4. The van der Waals surface area contributed by atoms with Crippen LogP contribution < -0.4 is 4.72 Å². The number of halogens is 3. The largest absolute Gasteiger partial charge is 0.242 e. The zero-order valence-corrected chi connectivity index (χ0v) is 14.1. The smallest absolute Gasteiger partial charge is 0.207 e. The minimum atomic E-state index is -3.64. The number of nitrogens with one attached hydrogen (secondary N) is 1. The quantitative estimate of drug-likeness (QED) is 0.813. The average Bonchev–Trinajstić information content (AvgIpc) is 2.41. The van der Waals surface area contributed by atoms with E-state index in [0.29, 0.717) is 14.5 Å². The molecule has 0 aliphatic carbocycles. The lowest BCUT2D eigenvalue weighted by Crippen LogP contribution is -2.23. The molecule has 20 heavy (non-hydrogen) atoms. The van der Waals surface area contributed by atoms with E-state index in [0.717, 1.165) is 0 Å². The Balaban J connectivity index is 2.19. The van der Waals surface area contributed by atoms with Crippen LogP contribution in [0.15, 0.2) is 56.3 Å². The minimum absolute atomic E-state index is 0.0988. The van der Waals surface area contributed by atoms with Gasteiger partial charge in [0, 0.05) is 15.5 Å². The number of hydrogen-bond acceptors (Lipinski definition) is 2. The molecule has 0 aliphatic heterocycles. The Kier molecular flexibility index (Phi) is 4.95. The standard InChI is InChI=1S/C13H10Br2FNO2S/c14-10-3-6-12(15)13(7-10)20(18,19)17-8-9-1-4-11(16)5-2-9/h1-7,17H,8H2. The van der Waals surface area contributed by atoms with E-state index >= 15 is 0 Å². The van der Waals surface area contributed by atoms with Crippen molar-refractivity contribution in [2.45, 2.75) is 11.4 Å². The highest BCUT2D eigenvalue weighted by Gasteiger charge is 2.17. The minimum Gasteiger partial charge on any atom is -0.207 e. The van der Waals surface area contributed by atoms with Crippen LogP contribution in [0.1, 0.15) is 5.56 Å². The summed E-state index contributed by atoms with van der Waals surface area (Å²) in [5, 5.41) is 0. The van der Waals surface area contributed by atoms with Gasteiger partial charge in [-0.15, -0.1) is 0 Å². The Morgan fingerprint density at radius 2 is 1.70 bits per heavy atom. The molecule has 0 bridgehead atoms. The van der Waals surface area contributed by atoms with Crippen LogP contribution in [0.25, 0.3) is 0 Å². The summed E-state index contributed by atoms with van der Waals surface area (Å²) < 4.78 is 40.8. The van der Waals surface area contributed by atoms with Crippen molar-refractivity contribution in [1.29, 1.82) is 0 Å². The number of sulfonamides is 1. The fourth-order valence-corrected chi connectivity index (χ4v) is 4.06. The highest BCUT2D eigenvalue weighted by molar-refractivity contribution is 9.11. The van der Waals surface area contributed by atoms with E-state index in [-0.39, 0.29) is 17.3 Å². The maximum Gasteiger partial charge on any atom is 0.242 e. The monoisotopic (exact) mass is 421 g/mol. The van der Waals surface area contributed by atoms with Crippen LogP contribution in [0, 0.1) is 5.82 Å². The molecule has 1 N–H and O–H groups in total. The van der Waals surface area contributed by atoms with Gasteiger partial charge in [0.1, 0.15) is 5.82 Å². The van der Waals surface area contributed by atoms with Crippen LogP contribution in [0.3, 0.4) is 0 Å². The molecule has 0 radical (unpaired) electrons. The summed E-state index contributed by atoms with van der Waals surface area (Å²) in [6.07, 6.45) is 0. The van der Waals surface area contributed by atoms with Crippen molar-refractivity contribution >= 4 is 41.9 Å². The first-order chi connectivity index (χ1) is 9.38. The molecule has 0 spiro atoms. The molecular weight excluding hydrogens is 413 g/mol. The lowest BCUT2D eigenvalue weighted by molar-refractivity contribution is 0.580. The molecule has 3 nitrogen and oxygen atoms in total. The first-order valence-electron chi connectivity index (χ1n) is 5.58. The Morgan fingerprint density at radius 1 is 1.05 bits per heavy atom. The van der Waals surface area contributed by atoms with E-state index in [1.54, 1.807) is 12.1 Å². The summed E-state index contributed by atoms with van der Waals surface area (Å²) in [6, 6.07) is 10.6. The van der Waals surface area contributed by atoms with E-state index in [1.807, 2.05) is 0 Å². The molecule has 2 rings (SSSR count). The molecular formula is C13H10Br2FNO2S. The Morgan fingerprint density at radius 3 is 2.35 bits per heavy atom. The van der Waals surface area contributed by atoms with Gasteiger partial charge in [0.25, 0.3) is 0 Å². The Bertz CT molecular complexity index is 718. The number of hydrogen-bond donors (Lipinski definition) is 1. The molecule has 0 aliphatic rings. The molecule has 0 saturated heterocycles. The van der Waals surface area contributed by atoms with Crippen molar-refractivity contribution < 1.29 is 12.8 Å². The van der Waals surface area contributed by atoms with Gasteiger partial charge in [0.05, 0.1) is 4.90 Å². The van der Waals surface area contributed by atoms with Crippen LogP contribution in [-0.2, 0) is 16.6 Å². The van der Waals surface area contributed by atoms with Gasteiger partial charge < -0.3 is 0 Å². The lowest BCUT2D eigenvalue weighted by Gasteiger charge is -2.09. The second-order valence-corrected chi connectivity index (χ2v) is 7.53. The third-order valence-corrected chi connectivity index (χ3v) is 5.45. The molecule has 0 saturated carbocycles. The third-order valence-electron chi connectivity index (χ3n) is 2.56. The van der Waals surface area contributed by atoms with Crippen molar-refractivity contribution in [2.75, 3.05) is 0 Å². The fourth-order valence-electron chi connectivity index (χ4n) is 1.54. The summed E-state index contributed by atoms with van der Waals surface area (Å²) in [4.78, 5) is 0.147. The molecule has 0 heterocycles. The second kappa shape index (κ2) is 6.34. The number of benzene rings is 2. The third kappa shape index (κ3) is 3.88. The Hall–Kier alpha value is -0.760. The van der Waals surface area contributed by atoms with Crippen LogP contribution >= 0.6 is 31.9 Å². The second-order valence-electron chi connectivity index (χ2n) is 4.03. The van der Waals surface area contributed by atoms with Crippen LogP contribution in [0.2, 0.25) is 0 Å². The summed E-state index contributed by atoms with van der Waals surface area (Å²) in [6.45, 7) is 0.0988. The van der Waals surface area contributed by atoms with Gasteiger partial charge in [-0.2, -0.15) is 0 Å². The SMILES string of the molecule is O=S(=O)(NCc1ccc(F)cc1)c1cc(Br)ccc1Br. The molecule has 2 aromatic rings. The topological polar surface area (TPSA) is 46.2 Å². The highest BCUT2D eigenvalue weighted by Crippen LogP contribution is 2.25. The van der Waals surface area contributed by atoms with E-state index in [2.05, 4.69) is 36.6 Å². The van der Waals surface area contributed by atoms with Gasteiger partial charge in [0.2, 0.25) is 10.0 Å². The zero-order valence-electron chi connectivity index (χ0n) is 10.1. The lowest BCUT2D eigenvalue weighted by atomic mass is 10.2. The molecule has 2 aromatic carbocycles. The van der Waals surface area contributed by atoms with Gasteiger partial charge in [-0.1, -0.05) is 28.1 Å². The first kappa shape index (κ1) is 15.6. The van der Waals surface area contributed by atoms with Crippen molar-refractivity contribution in [2.24, 2.45) is 0 Å². The van der Waals surface area contributed by atoms with Crippen LogP contribution in [0.4, 0.5) is 4.39 Å². The first-order valence-corrected chi connectivity index (χ1v) is 8.64. The van der Waals surface area contributed by atoms with Crippen molar-refractivity contribution in [1.82, 2.24) is 4.72 Å². The average molecular weight is 423 g/mol. The maximum absolute atomic E-state index is 12.8. The summed E-state index contributed by atoms with van der Waals surface area (Å²) in [5.74, 6) is -0.355. The molecule has 7 heteroatoms. The van der Waals surface area contributed by atoms with E-state index in [9.17, 15) is 12.8 Å². The summed E-state index contributed by atoms with van der Waals surface area (Å²) in [7, 11) is -3.64. The van der Waals surface area contributed by atoms with Gasteiger partial charge >= 0.3 is 0 Å². The molecule has 0 fully saturated rings. The van der Waals surface area contributed by atoms with Crippen molar-refractivity contribution in [3.05, 3.63) is 62.8 Å². The van der Waals surface area contributed by atoms with Gasteiger partial charge in [-0.3, -0.25) is 0 Å². The van der Waals surface area contributed by atoms with Crippen molar-refractivity contribution in [3.63, 3.8) is 0 Å². The Labute approximate surface area is 133 Å². The molecule has 0 unspecified atom stereocenters. The van der Waals surface area contributed by atoms with Crippen LogP contribution in [0.5, 0.6) is 0 Å². The van der Waals surface area contributed by atoms with Gasteiger partial charge in [-0.05, 0) is 51.8 Å². The predicted molar refractivity (Wildman–Crippen MR) is 82.3 cm³/mol. The molecule has 0 aromatic heterocycles. The van der Waals surface area contributed by atoms with Gasteiger partial charge in [0.15, 0.2) is 0 Å². The molecule has 106 valence electrons. The maximum atomic E-state index is 12.8. The molecule has 0 amide bonds. The normalized spacial score (nSPS) is 11.6. The fraction of sp³-hybridized carbons (Fsp3) is 0.0769.